The molecule has 0 aliphatic rings. The molecule has 0 rings (SSSR count). The number of aliphatic hydroxyl groups excluding tert-OH is 1. The van der Waals surface area contributed by atoms with Crippen LogP contribution in [0, 0.1) is 0 Å². The van der Waals surface area contributed by atoms with E-state index in [-0.39, 0.29) is 19.0 Å². The third kappa shape index (κ3) is 18.9. The number of carboxylic acid groups (broad SMARTS) is 1. The van der Waals surface area contributed by atoms with Gasteiger partial charge in [-0.25, -0.2) is 0 Å². The van der Waals surface area contributed by atoms with E-state index in [1.54, 1.807) is 0 Å². The van der Waals surface area contributed by atoms with Crippen molar-refractivity contribution in [1.82, 2.24) is 0 Å². The summed E-state index contributed by atoms with van der Waals surface area (Å²) in [5, 5.41) is 17.2. The van der Waals surface area contributed by atoms with E-state index >= 15 is 0 Å². The molecule has 0 amide bonds. The summed E-state index contributed by atoms with van der Waals surface area (Å²) in [4.78, 5) is 21.8. The quantitative estimate of drug-likeness (QED) is 0.310. The van der Waals surface area contributed by atoms with Crippen molar-refractivity contribution in [2.24, 2.45) is 0 Å². The fraction of sp³-hybridized carbons (Fsp3) is 0.889. The second-order valence-corrected chi connectivity index (χ2v) is 6.08. The number of carboxylic acids is 1. The molecule has 0 radical (unpaired) electrons. The lowest BCUT2D eigenvalue weighted by atomic mass is 10.1. The molecule has 0 unspecified atom stereocenters. The smallest absolute Gasteiger partial charge is 0.305 e. The first-order valence-corrected chi connectivity index (χ1v) is 9.15. The van der Waals surface area contributed by atoms with Gasteiger partial charge in [0.1, 0.15) is 0 Å². The molecule has 0 bridgehead atoms. The Morgan fingerprint density at radius 2 is 1.13 bits per heavy atom. The average molecular weight is 330 g/mol. The van der Waals surface area contributed by atoms with Gasteiger partial charge in [-0.15, -0.1) is 0 Å². The van der Waals surface area contributed by atoms with E-state index in [4.69, 9.17) is 14.9 Å². The first-order chi connectivity index (χ1) is 11.2. The molecule has 0 spiro atoms. The Bertz CT molecular complexity index is 291. The van der Waals surface area contributed by atoms with Gasteiger partial charge in [0, 0.05) is 19.4 Å². The summed E-state index contributed by atoms with van der Waals surface area (Å²) < 4.78 is 5.16. The summed E-state index contributed by atoms with van der Waals surface area (Å²) in [5.74, 6) is -0.803. The first kappa shape index (κ1) is 21.9. The van der Waals surface area contributed by atoms with Gasteiger partial charge in [-0.05, 0) is 32.1 Å². The second-order valence-electron chi connectivity index (χ2n) is 6.08. The van der Waals surface area contributed by atoms with Gasteiger partial charge < -0.3 is 14.9 Å². The summed E-state index contributed by atoms with van der Waals surface area (Å²) in [6.45, 7) is 0.739. The number of ether oxygens (including phenoxy) is 1. The van der Waals surface area contributed by atoms with Crippen molar-refractivity contribution in [3.63, 3.8) is 0 Å². The summed E-state index contributed by atoms with van der Waals surface area (Å²) in [5.41, 5.74) is 0. The van der Waals surface area contributed by atoms with Crippen LogP contribution in [0.3, 0.4) is 0 Å². The number of aliphatic carboxylic acids is 1. The molecule has 136 valence electrons. The number of unbranched alkanes of at least 4 members (excludes halogenated alkanes) is 10. The zero-order valence-corrected chi connectivity index (χ0v) is 14.4. The molecule has 0 saturated heterocycles. The average Bonchev–Trinajstić information content (AvgIpc) is 2.52. The standard InChI is InChI=1S/C18H34O5/c19-15-11-7-8-12-16-23-18(22)14-10-6-4-2-1-3-5-9-13-17(20)21/h19H,1-16H2,(H,20,21). The fourth-order valence-electron chi connectivity index (χ4n) is 2.43. The van der Waals surface area contributed by atoms with Gasteiger partial charge >= 0.3 is 11.9 Å². The summed E-state index contributed by atoms with van der Waals surface area (Å²) in [6, 6.07) is 0. The number of hydrogen-bond acceptors (Lipinski definition) is 4. The Hall–Kier alpha value is -1.10. The SMILES string of the molecule is O=C(O)CCCCCCCCCCC(=O)OCCCCCCO. The van der Waals surface area contributed by atoms with Gasteiger partial charge in [0.2, 0.25) is 0 Å². The monoisotopic (exact) mass is 330 g/mol. The molecule has 0 fully saturated rings. The molecule has 5 nitrogen and oxygen atoms in total. The van der Waals surface area contributed by atoms with Crippen LogP contribution in [0.1, 0.15) is 89.9 Å². The molecular formula is C18H34O5. The molecule has 0 atom stereocenters. The third-order valence-corrected chi connectivity index (χ3v) is 3.84. The van der Waals surface area contributed by atoms with E-state index in [0.29, 0.717) is 13.0 Å². The normalized spacial score (nSPS) is 10.7. The zero-order chi connectivity index (χ0) is 17.2. The highest BCUT2D eigenvalue weighted by Crippen LogP contribution is 2.11. The van der Waals surface area contributed by atoms with E-state index in [0.717, 1.165) is 77.0 Å². The largest absolute Gasteiger partial charge is 0.481 e. The van der Waals surface area contributed by atoms with Gasteiger partial charge in [-0.1, -0.05) is 44.9 Å². The Labute approximate surface area is 140 Å². The molecular weight excluding hydrogens is 296 g/mol. The van der Waals surface area contributed by atoms with Gasteiger partial charge in [-0.2, -0.15) is 0 Å². The van der Waals surface area contributed by atoms with Crippen molar-refractivity contribution < 1.29 is 24.5 Å². The number of aliphatic hydroxyl groups is 1. The second kappa shape index (κ2) is 17.3. The van der Waals surface area contributed by atoms with Crippen molar-refractivity contribution >= 4 is 11.9 Å². The van der Waals surface area contributed by atoms with Crippen LogP contribution in [0.4, 0.5) is 0 Å². The molecule has 0 aromatic rings. The van der Waals surface area contributed by atoms with Gasteiger partial charge in [0.25, 0.3) is 0 Å². The number of rotatable bonds is 17. The molecule has 23 heavy (non-hydrogen) atoms. The van der Waals surface area contributed by atoms with Crippen LogP contribution in [0.5, 0.6) is 0 Å². The fourth-order valence-corrected chi connectivity index (χ4v) is 2.43. The van der Waals surface area contributed by atoms with Crippen LogP contribution < -0.4 is 0 Å². The molecule has 5 heteroatoms. The Morgan fingerprint density at radius 3 is 1.70 bits per heavy atom. The highest BCUT2D eigenvalue weighted by atomic mass is 16.5. The van der Waals surface area contributed by atoms with Crippen molar-refractivity contribution in [2.45, 2.75) is 89.9 Å². The van der Waals surface area contributed by atoms with Crippen LogP contribution in [-0.2, 0) is 14.3 Å². The van der Waals surface area contributed by atoms with Crippen LogP contribution in [0.25, 0.3) is 0 Å². The van der Waals surface area contributed by atoms with E-state index in [2.05, 4.69) is 0 Å². The number of carbonyl (C=O) groups is 2. The summed E-state index contributed by atoms with van der Waals surface area (Å²) >= 11 is 0. The predicted molar refractivity (Wildman–Crippen MR) is 90.3 cm³/mol. The van der Waals surface area contributed by atoms with Crippen LogP contribution in [-0.4, -0.2) is 35.4 Å². The Morgan fingerprint density at radius 1 is 0.652 bits per heavy atom. The Balaban J connectivity index is 3.16. The Kier molecular flexibility index (Phi) is 16.4. The van der Waals surface area contributed by atoms with E-state index < -0.39 is 5.97 Å². The molecule has 0 aromatic heterocycles. The molecule has 0 heterocycles. The maximum Gasteiger partial charge on any atom is 0.305 e. The maximum atomic E-state index is 11.5. The lowest BCUT2D eigenvalue weighted by Gasteiger charge is -2.05. The molecule has 0 saturated carbocycles. The van der Waals surface area contributed by atoms with Crippen molar-refractivity contribution in [3.05, 3.63) is 0 Å². The van der Waals surface area contributed by atoms with Crippen LogP contribution in [0.15, 0.2) is 0 Å². The highest BCUT2D eigenvalue weighted by molar-refractivity contribution is 5.69. The maximum absolute atomic E-state index is 11.5. The third-order valence-electron chi connectivity index (χ3n) is 3.84. The van der Waals surface area contributed by atoms with Gasteiger partial charge in [0.05, 0.1) is 6.61 Å². The van der Waals surface area contributed by atoms with Crippen molar-refractivity contribution in [3.8, 4) is 0 Å². The summed E-state index contributed by atoms with van der Waals surface area (Å²) in [7, 11) is 0. The highest BCUT2D eigenvalue weighted by Gasteiger charge is 2.02. The number of esters is 1. The van der Waals surface area contributed by atoms with Crippen molar-refractivity contribution in [1.29, 1.82) is 0 Å². The van der Waals surface area contributed by atoms with E-state index in [1.807, 2.05) is 0 Å². The minimum atomic E-state index is -0.706. The number of hydrogen-bond donors (Lipinski definition) is 2. The predicted octanol–water partition coefficient (Wildman–Crippen LogP) is 4.07. The lowest BCUT2D eigenvalue weighted by Crippen LogP contribution is -2.05. The van der Waals surface area contributed by atoms with Gasteiger partial charge in [0.15, 0.2) is 0 Å². The van der Waals surface area contributed by atoms with E-state index in [1.165, 1.54) is 0 Å². The number of carbonyl (C=O) groups excluding carboxylic acids is 1. The topological polar surface area (TPSA) is 83.8 Å². The van der Waals surface area contributed by atoms with Crippen LogP contribution >= 0.6 is 0 Å². The van der Waals surface area contributed by atoms with Crippen LogP contribution in [0.2, 0.25) is 0 Å². The summed E-state index contributed by atoms with van der Waals surface area (Å²) in [6.07, 6.45) is 12.8. The molecule has 2 N–H and O–H groups in total. The first-order valence-electron chi connectivity index (χ1n) is 9.15. The minimum Gasteiger partial charge on any atom is -0.481 e. The lowest BCUT2D eigenvalue weighted by molar-refractivity contribution is -0.144. The molecule has 0 aliphatic heterocycles. The molecule has 0 aliphatic carbocycles. The van der Waals surface area contributed by atoms with Gasteiger partial charge in [-0.3, -0.25) is 9.59 Å². The van der Waals surface area contributed by atoms with E-state index in [9.17, 15) is 9.59 Å². The zero-order valence-electron chi connectivity index (χ0n) is 14.4. The van der Waals surface area contributed by atoms with Crippen molar-refractivity contribution in [2.75, 3.05) is 13.2 Å². The minimum absolute atomic E-state index is 0.0965. The molecule has 0 aromatic carbocycles.